The Morgan fingerprint density at radius 3 is 2.80 bits per heavy atom. The molecule has 0 bridgehead atoms. The third kappa shape index (κ3) is 7.77. The summed E-state index contributed by atoms with van der Waals surface area (Å²) in [5.41, 5.74) is 4.14. The highest BCUT2D eigenvalue weighted by molar-refractivity contribution is 5.87. The molecule has 0 fully saturated rings. The van der Waals surface area contributed by atoms with Crippen LogP contribution in [-0.4, -0.2) is 41.5 Å². The average molecular weight is 413 g/mol. The average Bonchev–Trinajstić information content (AvgIpc) is 2.74. The van der Waals surface area contributed by atoms with Gasteiger partial charge in [-0.25, -0.2) is 9.87 Å². The maximum Gasteiger partial charge on any atom is 0.267 e. The van der Waals surface area contributed by atoms with Crippen molar-refractivity contribution in [2.45, 2.75) is 26.2 Å². The second kappa shape index (κ2) is 12.5. The number of halogens is 1. The smallest absolute Gasteiger partial charge is 0.267 e. The van der Waals surface area contributed by atoms with E-state index in [0.717, 1.165) is 36.2 Å². The van der Waals surface area contributed by atoms with Crippen LogP contribution in [0.3, 0.4) is 0 Å². The minimum atomic E-state index is -0.606. The van der Waals surface area contributed by atoms with Gasteiger partial charge in [0.2, 0.25) is 0 Å². The molecule has 0 atom stereocenters. The van der Waals surface area contributed by atoms with Gasteiger partial charge in [-0.15, -0.1) is 0 Å². The molecule has 2 rings (SSSR count). The van der Waals surface area contributed by atoms with Crippen molar-refractivity contribution in [1.82, 2.24) is 15.7 Å². The monoisotopic (exact) mass is 412 g/mol. The van der Waals surface area contributed by atoms with E-state index in [4.69, 9.17) is 10.6 Å². The van der Waals surface area contributed by atoms with E-state index in [1.807, 2.05) is 29.2 Å². The lowest BCUT2D eigenvalue weighted by Crippen LogP contribution is -2.35. The summed E-state index contributed by atoms with van der Waals surface area (Å²) in [4.78, 5) is 13.1. The van der Waals surface area contributed by atoms with E-state index >= 15 is 0 Å². The highest BCUT2D eigenvalue weighted by Gasteiger charge is 2.15. The zero-order chi connectivity index (χ0) is 21.8. The molecule has 0 unspecified atom stereocenters. The number of rotatable bonds is 9. The van der Waals surface area contributed by atoms with E-state index < -0.39 is 5.91 Å². The number of benzene rings is 1. The van der Waals surface area contributed by atoms with Crippen LogP contribution in [0.15, 0.2) is 65.9 Å². The molecule has 1 aromatic rings. The molecule has 0 spiro atoms. The summed E-state index contributed by atoms with van der Waals surface area (Å²) < 4.78 is 13.3. The predicted molar refractivity (Wildman–Crippen MR) is 117 cm³/mol. The van der Waals surface area contributed by atoms with Crippen molar-refractivity contribution in [2.24, 2.45) is 0 Å². The van der Waals surface area contributed by atoms with Crippen molar-refractivity contribution in [1.29, 1.82) is 5.41 Å². The van der Waals surface area contributed by atoms with E-state index in [2.05, 4.69) is 12.2 Å². The Morgan fingerprint density at radius 2 is 2.10 bits per heavy atom. The number of hydroxylamine groups is 1. The van der Waals surface area contributed by atoms with E-state index in [-0.39, 0.29) is 5.82 Å². The van der Waals surface area contributed by atoms with Crippen LogP contribution in [0, 0.1) is 11.2 Å². The minimum absolute atomic E-state index is 0.280. The van der Waals surface area contributed by atoms with Crippen molar-refractivity contribution >= 4 is 17.8 Å². The van der Waals surface area contributed by atoms with Crippen molar-refractivity contribution in [3.63, 3.8) is 0 Å². The van der Waals surface area contributed by atoms with Gasteiger partial charge in [0, 0.05) is 31.3 Å². The Labute approximate surface area is 176 Å². The van der Waals surface area contributed by atoms with Gasteiger partial charge in [0.25, 0.3) is 5.91 Å². The second-order valence-corrected chi connectivity index (χ2v) is 6.89. The van der Waals surface area contributed by atoms with Crippen LogP contribution in [-0.2, 0) is 4.79 Å². The van der Waals surface area contributed by atoms with Gasteiger partial charge in [-0.2, -0.15) is 0 Å². The maximum absolute atomic E-state index is 13.3. The van der Waals surface area contributed by atoms with Gasteiger partial charge in [0.1, 0.15) is 11.7 Å². The summed E-state index contributed by atoms with van der Waals surface area (Å²) in [6.07, 6.45) is 13.0. The number of carbonyl (C=O) groups excluding carboxylic acids is 1. The standard InChI is InChI=1S/C23H29FN4O2/c1-2-3-14-26-17-21(16-19-6-10-20(24)11-7-19)28-15-4-5-18(8-12-22(28)25)9-13-23(29)27-30/h4-11,13,16,25-26,30H,2-3,12,14-15,17H2,1H3,(H,27,29)/b5-4?,13-9+,18-8+,21-16+,25-22?. The predicted octanol–water partition coefficient (Wildman–Crippen LogP) is 3.78. The second-order valence-electron chi connectivity index (χ2n) is 6.89. The Kier molecular flexibility index (Phi) is 9.70. The molecular weight excluding hydrogens is 383 g/mol. The van der Waals surface area contributed by atoms with Crippen molar-refractivity contribution in [3.05, 3.63) is 77.3 Å². The topological polar surface area (TPSA) is 88.5 Å². The fraction of sp³-hybridized carbons (Fsp3) is 0.304. The van der Waals surface area contributed by atoms with Crippen molar-refractivity contribution < 1.29 is 14.4 Å². The quantitative estimate of drug-likeness (QED) is 0.215. The Bertz CT molecular complexity index is 841. The SMILES string of the molecule is CCCCNC/C(=C\c1ccc(F)cc1)N1CC=CC(/C=C/C(=O)NO)=C\CC1=N. The number of nitrogens with one attached hydrogen (secondary N) is 3. The van der Waals surface area contributed by atoms with Gasteiger partial charge in [0.15, 0.2) is 0 Å². The lowest BCUT2D eigenvalue weighted by molar-refractivity contribution is -0.124. The van der Waals surface area contributed by atoms with Crippen LogP contribution in [0.25, 0.3) is 6.08 Å². The molecule has 0 radical (unpaired) electrons. The van der Waals surface area contributed by atoms with Crippen LogP contribution >= 0.6 is 0 Å². The lowest BCUT2D eigenvalue weighted by Gasteiger charge is -2.28. The number of hydrogen-bond acceptors (Lipinski definition) is 4. The number of amidine groups is 1. The minimum Gasteiger partial charge on any atom is -0.329 e. The fourth-order valence-electron chi connectivity index (χ4n) is 2.91. The summed E-state index contributed by atoms with van der Waals surface area (Å²) >= 11 is 0. The Hall–Kier alpha value is -3.03. The Morgan fingerprint density at radius 1 is 1.33 bits per heavy atom. The van der Waals surface area contributed by atoms with Crippen molar-refractivity contribution in [3.8, 4) is 0 Å². The van der Waals surface area contributed by atoms with E-state index in [1.54, 1.807) is 23.7 Å². The fourth-order valence-corrected chi connectivity index (χ4v) is 2.91. The molecule has 1 aliphatic heterocycles. The first-order chi connectivity index (χ1) is 14.5. The van der Waals surface area contributed by atoms with Crippen LogP contribution in [0.1, 0.15) is 31.7 Å². The first-order valence-corrected chi connectivity index (χ1v) is 10.0. The number of nitrogens with zero attached hydrogens (tertiary/aromatic N) is 1. The number of amides is 1. The first-order valence-electron chi connectivity index (χ1n) is 10.0. The van der Waals surface area contributed by atoms with Gasteiger partial charge in [-0.3, -0.25) is 15.4 Å². The highest BCUT2D eigenvalue weighted by atomic mass is 19.1. The summed E-state index contributed by atoms with van der Waals surface area (Å²) in [7, 11) is 0. The van der Waals surface area contributed by atoms with Gasteiger partial charge in [-0.1, -0.05) is 43.7 Å². The third-order valence-corrected chi connectivity index (χ3v) is 4.56. The molecule has 0 saturated carbocycles. The molecule has 1 aromatic carbocycles. The van der Waals surface area contributed by atoms with E-state index in [0.29, 0.717) is 25.3 Å². The highest BCUT2D eigenvalue weighted by Crippen LogP contribution is 2.16. The summed E-state index contributed by atoms with van der Waals surface area (Å²) in [5, 5.41) is 20.6. The Balaban J connectivity index is 2.19. The molecule has 0 saturated heterocycles. The molecule has 4 N–H and O–H groups in total. The molecule has 1 aliphatic rings. The molecule has 0 aliphatic carbocycles. The molecule has 0 aromatic heterocycles. The van der Waals surface area contributed by atoms with E-state index in [1.165, 1.54) is 18.2 Å². The van der Waals surface area contributed by atoms with Gasteiger partial charge in [0.05, 0.1) is 0 Å². The molecule has 1 heterocycles. The van der Waals surface area contributed by atoms with Crippen molar-refractivity contribution in [2.75, 3.05) is 19.6 Å². The van der Waals surface area contributed by atoms with Crippen LogP contribution in [0.4, 0.5) is 4.39 Å². The maximum atomic E-state index is 13.3. The number of allylic oxidation sites excluding steroid dienone is 3. The molecule has 30 heavy (non-hydrogen) atoms. The van der Waals surface area contributed by atoms with E-state index in [9.17, 15) is 9.18 Å². The first kappa shape index (κ1) is 23.3. The molecule has 1 amide bonds. The zero-order valence-corrected chi connectivity index (χ0v) is 17.2. The van der Waals surface area contributed by atoms with Gasteiger partial charge in [-0.05, 0) is 48.4 Å². The number of unbranched alkanes of at least 4 members (excludes halogenated alkanes) is 1. The molecule has 6 nitrogen and oxygen atoms in total. The lowest BCUT2D eigenvalue weighted by atomic mass is 10.1. The molecular formula is C23H29FN4O2. The zero-order valence-electron chi connectivity index (χ0n) is 17.2. The van der Waals surface area contributed by atoms with Crippen LogP contribution < -0.4 is 10.8 Å². The van der Waals surface area contributed by atoms with Crippen LogP contribution in [0.2, 0.25) is 0 Å². The number of hydrogen-bond donors (Lipinski definition) is 4. The molecule has 160 valence electrons. The summed E-state index contributed by atoms with van der Waals surface area (Å²) in [6.45, 7) is 4.12. The molecule has 7 heteroatoms. The van der Waals surface area contributed by atoms with Gasteiger partial charge < -0.3 is 10.2 Å². The number of carbonyl (C=O) groups is 1. The summed E-state index contributed by atoms with van der Waals surface area (Å²) in [6, 6.07) is 6.30. The van der Waals surface area contributed by atoms with Crippen LogP contribution in [0.5, 0.6) is 0 Å². The normalized spacial score (nSPS) is 16.9. The summed E-state index contributed by atoms with van der Waals surface area (Å²) in [5.74, 6) is -0.467. The largest absolute Gasteiger partial charge is 0.329 e. The third-order valence-electron chi connectivity index (χ3n) is 4.56. The van der Waals surface area contributed by atoms with Gasteiger partial charge >= 0.3 is 0 Å².